The van der Waals surface area contributed by atoms with Crippen molar-refractivity contribution in [3.8, 4) is 0 Å². The number of benzene rings is 2. The number of halogens is 4. The highest BCUT2D eigenvalue weighted by atomic mass is 127. The van der Waals surface area contributed by atoms with Crippen molar-refractivity contribution in [2.75, 3.05) is 57.8 Å². The minimum absolute atomic E-state index is 0. The highest BCUT2D eigenvalue weighted by molar-refractivity contribution is 6.03. The number of rotatable bonds is 21. The number of para-hydroxylation sites is 2. The van der Waals surface area contributed by atoms with Crippen LogP contribution >= 0.6 is 37.2 Å². The maximum atomic E-state index is 12.4. The standard InChI is InChI=1S/C42H62N6O.3ClH.HI/c1-41(2)34-20-11-13-22-36(34)47(5)38(41)24-8-6-9-25-39-42(3,4)35-21-12-14-23-37(35)48(39)33-17-7-10-26-40(49)46-32-19-31-45-29-16-15-28-44-30-18-27-43;;;;/h6,8-9,11-14,20-25,44-45H,7,10,15-19,26-33,43H2,1-5H3;4*1H. The van der Waals surface area contributed by atoms with Gasteiger partial charge in [0.1, 0.15) is 7.05 Å². The number of carbonyl (C=O) groups is 1. The molecule has 0 atom stereocenters. The fourth-order valence-corrected chi connectivity index (χ4v) is 7.28. The van der Waals surface area contributed by atoms with Crippen molar-refractivity contribution in [3.63, 3.8) is 0 Å². The van der Waals surface area contributed by atoms with Gasteiger partial charge in [-0.15, -0.1) is 37.2 Å². The predicted molar refractivity (Wildman–Crippen MR) is 230 cm³/mol. The van der Waals surface area contributed by atoms with Gasteiger partial charge in [0, 0.05) is 54.0 Å². The van der Waals surface area contributed by atoms with E-state index in [1.807, 2.05) is 0 Å². The lowest BCUT2D eigenvalue weighted by Crippen LogP contribution is -3.00. The van der Waals surface area contributed by atoms with Gasteiger partial charge in [-0.1, -0.05) is 74.9 Å². The number of carbonyl (C=O) groups excluding carboxylic acids is 1. The number of anilines is 1. The molecule has 0 unspecified atom stereocenters. The SMILES string of the molecule is C[N+]1=C(/C=C/C=C/C=C2\N(CCCCCC(=O)NCCCNCCCCNCCCN)c3ccccc3C2(C)C)C(C)(C)c2ccccc21.Cl.Cl.Cl.[I-]. The number of amides is 1. The molecule has 0 saturated carbocycles. The molecule has 298 valence electrons. The molecule has 2 heterocycles. The number of hydrogen-bond donors (Lipinski definition) is 4. The minimum atomic E-state index is -0.0783. The molecule has 53 heavy (non-hydrogen) atoms. The van der Waals surface area contributed by atoms with Crippen molar-refractivity contribution < 1.29 is 33.3 Å². The molecule has 11 heteroatoms. The predicted octanol–water partition coefficient (Wildman–Crippen LogP) is 5.13. The number of fused-ring (bicyclic) bond motifs is 2. The molecule has 7 nitrogen and oxygen atoms in total. The number of allylic oxidation sites excluding steroid dienone is 6. The van der Waals surface area contributed by atoms with Gasteiger partial charge >= 0.3 is 0 Å². The van der Waals surface area contributed by atoms with Crippen LogP contribution in [0, 0.1) is 0 Å². The van der Waals surface area contributed by atoms with E-state index in [0.29, 0.717) is 6.42 Å². The Balaban J connectivity index is 0.00000676. The molecule has 0 spiro atoms. The van der Waals surface area contributed by atoms with Crippen LogP contribution in [0.25, 0.3) is 0 Å². The second-order valence-electron chi connectivity index (χ2n) is 14.5. The molecule has 0 radical (unpaired) electrons. The largest absolute Gasteiger partial charge is 1.00 e. The summed E-state index contributed by atoms with van der Waals surface area (Å²) in [7, 11) is 2.16. The topological polar surface area (TPSA) is 85.4 Å². The zero-order valence-corrected chi connectivity index (χ0v) is 37.2. The fourth-order valence-electron chi connectivity index (χ4n) is 7.28. The zero-order chi connectivity index (χ0) is 35.1. The Bertz CT molecular complexity index is 1510. The Kier molecular flexibility index (Phi) is 25.1. The molecule has 2 aliphatic heterocycles. The van der Waals surface area contributed by atoms with Gasteiger partial charge < -0.3 is 50.6 Å². The number of nitrogens with two attached hydrogens (primary N) is 1. The van der Waals surface area contributed by atoms with Crippen LogP contribution in [0.5, 0.6) is 0 Å². The third-order valence-corrected chi connectivity index (χ3v) is 10.1. The first kappa shape index (κ1) is 51.1. The van der Waals surface area contributed by atoms with Crippen LogP contribution in [0.3, 0.4) is 0 Å². The Morgan fingerprint density at radius 1 is 0.736 bits per heavy atom. The van der Waals surface area contributed by atoms with Crippen LogP contribution in [0.1, 0.15) is 90.2 Å². The third kappa shape index (κ3) is 14.3. The van der Waals surface area contributed by atoms with Crippen LogP contribution in [0.2, 0.25) is 0 Å². The maximum Gasteiger partial charge on any atom is 0.219 e. The highest BCUT2D eigenvalue weighted by Gasteiger charge is 2.42. The van der Waals surface area contributed by atoms with Crippen molar-refractivity contribution in [2.24, 2.45) is 5.73 Å². The van der Waals surface area contributed by atoms with Crippen LogP contribution in [0.4, 0.5) is 11.4 Å². The lowest BCUT2D eigenvalue weighted by molar-refractivity contribution is -0.401. The van der Waals surface area contributed by atoms with E-state index in [-0.39, 0.29) is 77.9 Å². The van der Waals surface area contributed by atoms with E-state index in [1.165, 1.54) is 46.8 Å². The lowest BCUT2D eigenvalue weighted by Gasteiger charge is -2.27. The summed E-state index contributed by atoms with van der Waals surface area (Å²) < 4.78 is 2.31. The average molecular weight is 904 g/mol. The van der Waals surface area contributed by atoms with Crippen LogP contribution < -0.4 is 50.6 Å². The summed E-state index contributed by atoms with van der Waals surface area (Å²) in [5, 5.41) is 10.0. The molecule has 2 aromatic carbocycles. The van der Waals surface area contributed by atoms with Crippen molar-refractivity contribution >= 4 is 60.2 Å². The second kappa shape index (κ2) is 26.0. The quantitative estimate of drug-likeness (QED) is 0.0605. The highest BCUT2D eigenvalue weighted by Crippen LogP contribution is 2.47. The summed E-state index contributed by atoms with van der Waals surface area (Å²) in [6.07, 6.45) is 19.0. The molecule has 0 bridgehead atoms. The summed E-state index contributed by atoms with van der Waals surface area (Å²) in [5.41, 5.74) is 13.4. The van der Waals surface area contributed by atoms with E-state index < -0.39 is 0 Å². The average Bonchev–Trinajstić information content (AvgIpc) is 3.42. The van der Waals surface area contributed by atoms with E-state index in [4.69, 9.17) is 5.73 Å². The number of nitrogens with zero attached hydrogens (tertiary/aromatic N) is 2. The maximum absolute atomic E-state index is 12.4. The molecule has 0 aliphatic carbocycles. The molecule has 1 amide bonds. The van der Waals surface area contributed by atoms with Gasteiger partial charge in [-0.05, 0) is 103 Å². The van der Waals surface area contributed by atoms with Gasteiger partial charge in [0.05, 0.1) is 5.41 Å². The Labute approximate surface area is 356 Å². The molecular weight excluding hydrogens is 838 g/mol. The van der Waals surface area contributed by atoms with E-state index in [0.717, 1.165) is 77.9 Å². The number of nitrogens with one attached hydrogen (secondary N) is 3. The molecule has 0 saturated heterocycles. The Hall–Kier alpha value is -1.92. The molecule has 2 aliphatic rings. The molecule has 5 N–H and O–H groups in total. The summed E-state index contributed by atoms with van der Waals surface area (Å²) >= 11 is 0. The monoisotopic (exact) mass is 902 g/mol. The second-order valence-corrected chi connectivity index (χ2v) is 14.5. The van der Waals surface area contributed by atoms with Gasteiger partial charge in [-0.25, -0.2) is 0 Å². The molecule has 4 rings (SSSR count). The molecular formula is C42H66Cl3IN6O. The number of hydrogen-bond acceptors (Lipinski definition) is 5. The first-order valence-corrected chi connectivity index (χ1v) is 18.7. The van der Waals surface area contributed by atoms with Crippen LogP contribution in [-0.2, 0) is 15.6 Å². The van der Waals surface area contributed by atoms with Gasteiger partial charge in [-0.2, -0.15) is 4.58 Å². The molecule has 0 fully saturated rings. The Morgan fingerprint density at radius 3 is 2.04 bits per heavy atom. The van der Waals surface area contributed by atoms with Crippen LogP contribution in [0.15, 0.2) is 84.6 Å². The normalized spacial score (nSPS) is 15.8. The molecule has 2 aromatic rings. The van der Waals surface area contributed by atoms with Crippen molar-refractivity contribution in [2.45, 2.75) is 89.9 Å². The molecule has 0 aromatic heterocycles. The lowest BCUT2D eigenvalue weighted by atomic mass is 9.81. The van der Waals surface area contributed by atoms with Gasteiger partial charge in [0.2, 0.25) is 11.6 Å². The van der Waals surface area contributed by atoms with Crippen molar-refractivity contribution in [3.05, 3.63) is 95.7 Å². The first-order valence-electron chi connectivity index (χ1n) is 18.7. The van der Waals surface area contributed by atoms with E-state index in [2.05, 4.69) is 139 Å². The fraction of sp³-hybridized carbons (Fsp3) is 0.524. The van der Waals surface area contributed by atoms with Gasteiger partial charge in [0.15, 0.2) is 5.71 Å². The summed E-state index contributed by atoms with van der Waals surface area (Å²) in [6.45, 7) is 15.7. The zero-order valence-electron chi connectivity index (χ0n) is 32.6. The number of unbranched alkanes of at least 4 members (excludes halogenated alkanes) is 3. The summed E-state index contributed by atoms with van der Waals surface area (Å²) in [6, 6.07) is 17.5. The van der Waals surface area contributed by atoms with E-state index >= 15 is 0 Å². The third-order valence-electron chi connectivity index (χ3n) is 10.1. The van der Waals surface area contributed by atoms with Crippen molar-refractivity contribution in [1.29, 1.82) is 0 Å². The first-order chi connectivity index (χ1) is 23.7. The smallest absolute Gasteiger partial charge is 0.219 e. The van der Waals surface area contributed by atoms with Gasteiger partial charge in [-0.3, -0.25) is 4.79 Å². The van der Waals surface area contributed by atoms with E-state index in [1.54, 1.807) is 0 Å². The Morgan fingerprint density at radius 2 is 1.36 bits per heavy atom. The van der Waals surface area contributed by atoms with Crippen LogP contribution in [-0.4, -0.2) is 69.1 Å². The summed E-state index contributed by atoms with van der Waals surface area (Å²) in [5.74, 6) is 0.171. The minimum Gasteiger partial charge on any atom is -1.00 e. The van der Waals surface area contributed by atoms with E-state index in [9.17, 15) is 4.79 Å². The van der Waals surface area contributed by atoms with Crippen molar-refractivity contribution in [1.82, 2.24) is 16.0 Å². The van der Waals surface area contributed by atoms with Gasteiger partial charge in [0.25, 0.3) is 0 Å². The summed E-state index contributed by atoms with van der Waals surface area (Å²) in [4.78, 5) is 14.9.